The molecule has 0 aromatic heterocycles. The monoisotopic (exact) mass is 173 g/mol. The molecule has 1 aromatic rings. The zero-order valence-corrected chi connectivity index (χ0v) is 8.25. The maximum Gasteiger partial charge on any atom is 0.0658 e. The Morgan fingerprint density at radius 3 is 2.62 bits per heavy atom. The van der Waals surface area contributed by atoms with Crippen LogP contribution in [0.15, 0.2) is 29.3 Å². The van der Waals surface area contributed by atoms with Crippen molar-refractivity contribution in [3.8, 4) is 0 Å². The molecule has 1 heteroatoms. The molecule has 13 heavy (non-hydrogen) atoms. The van der Waals surface area contributed by atoms with Crippen LogP contribution in [0.5, 0.6) is 0 Å². The van der Waals surface area contributed by atoms with E-state index in [1.165, 1.54) is 24.1 Å². The van der Waals surface area contributed by atoms with E-state index in [9.17, 15) is 0 Å². The summed E-state index contributed by atoms with van der Waals surface area (Å²) in [5.74, 6) is 0.777. The number of para-hydroxylation sites is 1. The van der Waals surface area contributed by atoms with Crippen molar-refractivity contribution < 1.29 is 0 Å². The molecule has 0 bridgehead atoms. The molecule has 0 spiro atoms. The Labute approximate surface area is 79.5 Å². The van der Waals surface area contributed by atoms with Gasteiger partial charge in [0, 0.05) is 5.71 Å². The highest BCUT2D eigenvalue weighted by Crippen LogP contribution is 2.32. The fourth-order valence-corrected chi connectivity index (χ4v) is 1.47. The Hall–Kier alpha value is -1.11. The molecule has 0 atom stereocenters. The highest BCUT2D eigenvalue weighted by atomic mass is 14.8. The number of nitrogens with zero attached hydrogens (tertiary/aromatic N) is 1. The third-order valence-corrected chi connectivity index (χ3v) is 2.58. The summed E-state index contributed by atoms with van der Waals surface area (Å²) in [6.07, 6.45) is 2.67. The first-order valence-corrected chi connectivity index (χ1v) is 4.88. The van der Waals surface area contributed by atoms with Crippen LogP contribution < -0.4 is 0 Å². The van der Waals surface area contributed by atoms with Crippen LogP contribution in [0.2, 0.25) is 0 Å². The van der Waals surface area contributed by atoms with Crippen molar-refractivity contribution in [2.45, 2.75) is 26.7 Å². The molecule has 0 N–H and O–H groups in total. The van der Waals surface area contributed by atoms with Gasteiger partial charge in [0.15, 0.2) is 0 Å². The maximum atomic E-state index is 4.64. The van der Waals surface area contributed by atoms with E-state index in [0.29, 0.717) is 0 Å². The molecule has 1 aromatic carbocycles. The fourth-order valence-electron chi connectivity index (χ4n) is 1.47. The van der Waals surface area contributed by atoms with Crippen LogP contribution in [-0.2, 0) is 0 Å². The molecule has 1 fully saturated rings. The number of aliphatic imine (C=N–C) groups is 1. The average Bonchev–Trinajstić information content (AvgIpc) is 2.91. The zero-order chi connectivity index (χ0) is 9.26. The summed E-state index contributed by atoms with van der Waals surface area (Å²) in [6, 6.07) is 8.30. The van der Waals surface area contributed by atoms with Gasteiger partial charge in [0.1, 0.15) is 0 Å². The SMILES string of the molecule is CC(=Nc1ccccc1C)C1CC1. The first-order chi connectivity index (χ1) is 6.27. The summed E-state index contributed by atoms with van der Waals surface area (Å²) in [5.41, 5.74) is 3.70. The van der Waals surface area contributed by atoms with Crippen molar-refractivity contribution in [3.05, 3.63) is 29.8 Å². The van der Waals surface area contributed by atoms with Crippen LogP contribution in [0.25, 0.3) is 0 Å². The van der Waals surface area contributed by atoms with Gasteiger partial charge in [0.05, 0.1) is 5.69 Å². The number of aryl methyl sites for hydroxylation is 1. The van der Waals surface area contributed by atoms with Gasteiger partial charge in [-0.25, -0.2) is 0 Å². The Bertz CT molecular complexity index is 335. The van der Waals surface area contributed by atoms with E-state index >= 15 is 0 Å². The normalized spacial score (nSPS) is 17.5. The second-order valence-electron chi connectivity index (χ2n) is 3.81. The Morgan fingerprint density at radius 1 is 1.31 bits per heavy atom. The summed E-state index contributed by atoms with van der Waals surface area (Å²) in [5, 5.41) is 0. The predicted molar refractivity (Wildman–Crippen MR) is 56.7 cm³/mol. The first-order valence-electron chi connectivity index (χ1n) is 4.88. The maximum absolute atomic E-state index is 4.64. The molecule has 0 saturated heterocycles. The van der Waals surface area contributed by atoms with Crippen molar-refractivity contribution in [1.82, 2.24) is 0 Å². The van der Waals surface area contributed by atoms with Crippen molar-refractivity contribution in [1.29, 1.82) is 0 Å². The summed E-state index contributed by atoms with van der Waals surface area (Å²) in [6.45, 7) is 4.25. The van der Waals surface area contributed by atoms with Crippen LogP contribution in [0.3, 0.4) is 0 Å². The van der Waals surface area contributed by atoms with Crippen LogP contribution in [0.1, 0.15) is 25.3 Å². The lowest BCUT2D eigenvalue weighted by atomic mass is 10.2. The highest BCUT2D eigenvalue weighted by Gasteiger charge is 2.24. The molecule has 68 valence electrons. The van der Waals surface area contributed by atoms with Gasteiger partial charge in [-0.05, 0) is 44.2 Å². The molecule has 1 aliphatic rings. The minimum atomic E-state index is 0.777. The van der Waals surface area contributed by atoms with Crippen molar-refractivity contribution >= 4 is 11.4 Å². The number of hydrogen-bond donors (Lipinski definition) is 0. The van der Waals surface area contributed by atoms with E-state index in [1.54, 1.807) is 0 Å². The van der Waals surface area contributed by atoms with Crippen LogP contribution >= 0.6 is 0 Å². The van der Waals surface area contributed by atoms with Gasteiger partial charge in [-0.1, -0.05) is 18.2 Å². The summed E-state index contributed by atoms with van der Waals surface area (Å²) < 4.78 is 0. The average molecular weight is 173 g/mol. The first kappa shape index (κ1) is 8.49. The third-order valence-electron chi connectivity index (χ3n) is 2.58. The molecular weight excluding hydrogens is 158 g/mol. The van der Waals surface area contributed by atoms with E-state index in [1.807, 2.05) is 6.07 Å². The van der Waals surface area contributed by atoms with Gasteiger partial charge in [0.2, 0.25) is 0 Å². The molecule has 1 aliphatic carbocycles. The lowest BCUT2D eigenvalue weighted by Crippen LogP contribution is -1.92. The third kappa shape index (κ3) is 1.97. The van der Waals surface area contributed by atoms with Crippen LogP contribution in [-0.4, -0.2) is 5.71 Å². The molecule has 0 aliphatic heterocycles. The predicted octanol–water partition coefficient (Wildman–Crippen LogP) is 3.50. The van der Waals surface area contributed by atoms with Crippen LogP contribution in [0.4, 0.5) is 5.69 Å². The summed E-state index contributed by atoms with van der Waals surface area (Å²) in [7, 11) is 0. The fraction of sp³-hybridized carbons (Fsp3) is 0.417. The topological polar surface area (TPSA) is 12.4 Å². The van der Waals surface area contributed by atoms with Crippen LogP contribution in [0, 0.1) is 12.8 Å². The van der Waals surface area contributed by atoms with Crippen molar-refractivity contribution in [3.63, 3.8) is 0 Å². The van der Waals surface area contributed by atoms with Gasteiger partial charge >= 0.3 is 0 Å². The van der Waals surface area contributed by atoms with E-state index in [4.69, 9.17) is 0 Å². The minimum Gasteiger partial charge on any atom is -0.258 e. The summed E-state index contributed by atoms with van der Waals surface area (Å²) in [4.78, 5) is 4.64. The Balaban J connectivity index is 2.25. The molecule has 0 radical (unpaired) electrons. The van der Waals surface area contributed by atoms with Crippen molar-refractivity contribution in [2.24, 2.45) is 10.9 Å². The largest absolute Gasteiger partial charge is 0.258 e. The van der Waals surface area contributed by atoms with E-state index in [2.05, 4.69) is 37.0 Å². The number of hydrogen-bond acceptors (Lipinski definition) is 1. The van der Waals surface area contributed by atoms with Gasteiger partial charge in [0.25, 0.3) is 0 Å². The smallest absolute Gasteiger partial charge is 0.0658 e. The van der Waals surface area contributed by atoms with E-state index in [-0.39, 0.29) is 0 Å². The van der Waals surface area contributed by atoms with Gasteiger partial charge < -0.3 is 0 Å². The lowest BCUT2D eigenvalue weighted by Gasteiger charge is -2.01. The molecular formula is C12H15N. The Morgan fingerprint density at radius 2 is 2.00 bits per heavy atom. The second-order valence-corrected chi connectivity index (χ2v) is 3.81. The Kier molecular flexibility index (Phi) is 2.17. The minimum absolute atomic E-state index is 0.777. The second kappa shape index (κ2) is 3.33. The quantitative estimate of drug-likeness (QED) is 0.607. The van der Waals surface area contributed by atoms with Crippen molar-refractivity contribution in [2.75, 3.05) is 0 Å². The molecule has 0 amide bonds. The standard InChI is InChI=1S/C12H15N/c1-9-5-3-4-6-12(9)13-10(2)11-7-8-11/h3-6,11H,7-8H2,1-2H3. The lowest BCUT2D eigenvalue weighted by molar-refractivity contribution is 1.17. The molecule has 0 heterocycles. The number of rotatable bonds is 2. The zero-order valence-electron chi connectivity index (χ0n) is 8.25. The van der Waals surface area contributed by atoms with Gasteiger partial charge in [-0.15, -0.1) is 0 Å². The molecule has 1 nitrogen and oxygen atoms in total. The van der Waals surface area contributed by atoms with E-state index < -0.39 is 0 Å². The molecule has 2 rings (SSSR count). The molecule has 1 saturated carbocycles. The highest BCUT2D eigenvalue weighted by molar-refractivity contribution is 5.88. The number of benzene rings is 1. The van der Waals surface area contributed by atoms with Gasteiger partial charge in [-0.3, -0.25) is 4.99 Å². The van der Waals surface area contributed by atoms with Gasteiger partial charge in [-0.2, -0.15) is 0 Å². The van der Waals surface area contributed by atoms with E-state index in [0.717, 1.165) is 11.6 Å². The molecule has 0 unspecified atom stereocenters. The summed E-state index contributed by atoms with van der Waals surface area (Å²) >= 11 is 0.